The molecule has 0 atom stereocenters. The molecule has 5 aromatic rings. The van der Waals surface area contributed by atoms with Crippen LogP contribution in [0.3, 0.4) is 0 Å². The molecular formula is C28H22ClN3O5S. The number of carbonyl (C=O) groups excluding carboxylic acids is 2. The molecule has 2 heterocycles. The topological polar surface area (TPSA) is 99.5 Å². The Morgan fingerprint density at radius 2 is 1.79 bits per heavy atom. The summed E-state index contributed by atoms with van der Waals surface area (Å²) in [7, 11) is 1.50. The van der Waals surface area contributed by atoms with Crippen LogP contribution in [0.1, 0.15) is 17.4 Å². The predicted molar refractivity (Wildman–Crippen MR) is 149 cm³/mol. The second-order valence-electron chi connectivity index (χ2n) is 8.35. The normalized spacial score (nSPS) is 11.0. The van der Waals surface area contributed by atoms with Crippen molar-refractivity contribution in [1.29, 1.82) is 0 Å². The van der Waals surface area contributed by atoms with Gasteiger partial charge in [0.25, 0.3) is 11.5 Å². The van der Waals surface area contributed by atoms with Crippen molar-refractivity contribution in [2.75, 3.05) is 18.5 Å². The monoisotopic (exact) mass is 547 g/mol. The molecule has 0 saturated heterocycles. The van der Waals surface area contributed by atoms with E-state index in [0.717, 1.165) is 4.70 Å². The zero-order valence-electron chi connectivity index (χ0n) is 20.5. The molecule has 1 amide bonds. The van der Waals surface area contributed by atoms with Gasteiger partial charge in [-0.1, -0.05) is 53.3 Å². The Morgan fingerprint density at radius 1 is 1.05 bits per heavy atom. The van der Waals surface area contributed by atoms with E-state index < -0.39 is 18.5 Å². The number of nitrogens with zero attached hydrogens (tertiary/aromatic N) is 2. The van der Waals surface area contributed by atoms with E-state index in [1.165, 1.54) is 23.0 Å². The molecule has 0 aliphatic heterocycles. The van der Waals surface area contributed by atoms with Gasteiger partial charge in [-0.3, -0.25) is 14.9 Å². The molecule has 0 saturated carbocycles. The summed E-state index contributed by atoms with van der Waals surface area (Å²) in [6.45, 7) is 1.89. The van der Waals surface area contributed by atoms with Crippen molar-refractivity contribution in [1.82, 2.24) is 9.55 Å². The number of ether oxygens (including phenoxy) is 2. The number of carbonyl (C=O) groups is 2. The molecular weight excluding hydrogens is 526 g/mol. The first kappa shape index (κ1) is 25.4. The maximum atomic E-state index is 13.3. The lowest BCUT2D eigenvalue weighted by molar-refractivity contribution is -0.119. The molecule has 0 aliphatic rings. The molecule has 0 aliphatic carbocycles. The zero-order valence-corrected chi connectivity index (χ0v) is 22.1. The van der Waals surface area contributed by atoms with Gasteiger partial charge in [0.1, 0.15) is 11.4 Å². The Balaban J connectivity index is 1.41. The molecule has 3 aromatic carbocycles. The van der Waals surface area contributed by atoms with Crippen LogP contribution in [0.25, 0.3) is 32.1 Å². The van der Waals surface area contributed by atoms with Crippen molar-refractivity contribution in [2.24, 2.45) is 7.05 Å². The first-order chi connectivity index (χ1) is 18.4. The van der Waals surface area contributed by atoms with Crippen molar-refractivity contribution >= 4 is 60.9 Å². The molecule has 0 bridgehead atoms. The maximum absolute atomic E-state index is 13.3. The van der Waals surface area contributed by atoms with Crippen molar-refractivity contribution in [3.63, 3.8) is 0 Å². The minimum Gasteiger partial charge on any atom is -0.494 e. The van der Waals surface area contributed by atoms with Gasteiger partial charge in [0.05, 0.1) is 16.8 Å². The van der Waals surface area contributed by atoms with Crippen molar-refractivity contribution in [3.05, 3.63) is 87.8 Å². The van der Waals surface area contributed by atoms with Crippen LogP contribution in [-0.2, 0) is 16.6 Å². The third kappa shape index (κ3) is 4.98. The molecule has 0 spiro atoms. The molecule has 0 radical (unpaired) electrons. The minimum atomic E-state index is -0.805. The molecule has 10 heteroatoms. The van der Waals surface area contributed by atoms with Crippen LogP contribution in [0.5, 0.6) is 5.75 Å². The van der Waals surface area contributed by atoms with Crippen LogP contribution in [0.4, 0.5) is 5.13 Å². The number of rotatable bonds is 7. The van der Waals surface area contributed by atoms with Gasteiger partial charge in [-0.05, 0) is 54.3 Å². The van der Waals surface area contributed by atoms with Crippen LogP contribution in [0.2, 0.25) is 5.02 Å². The highest BCUT2D eigenvalue weighted by Gasteiger charge is 2.24. The number of nitrogens with one attached hydrogen (secondary N) is 1. The van der Waals surface area contributed by atoms with Gasteiger partial charge in [0.2, 0.25) is 0 Å². The van der Waals surface area contributed by atoms with E-state index in [1.807, 2.05) is 25.1 Å². The Hall–Kier alpha value is -4.21. The Morgan fingerprint density at radius 3 is 2.53 bits per heavy atom. The fraction of sp³-hybridized carbons (Fsp3) is 0.143. The zero-order chi connectivity index (χ0) is 26.8. The Bertz CT molecular complexity index is 1740. The van der Waals surface area contributed by atoms with Crippen LogP contribution >= 0.6 is 22.9 Å². The number of hydrogen-bond acceptors (Lipinski definition) is 7. The minimum absolute atomic E-state index is 0.0345. The van der Waals surface area contributed by atoms with Crippen molar-refractivity contribution in [3.8, 4) is 16.9 Å². The lowest BCUT2D eigenvalue weighted by atomic mass is 9.97. The number of pyridine rings is 1. The standard InChI is InChI=1S/C28H22ClN3O5S/c1-3-36-18-12-13-21-22(14-18)38-28(30-21)31-23(33)15-37-27(35)25-24(16-8-10-17(29)11-9-16)19-6-4-5-7-20(19)26(34)32(25)2/h4-14H,3,15H2,1-2H3,(H,30,31,33). The van der Waals surface area contributed by atoms with Crippen molar-refractivity contribution in [2.45, 2.75) is 6.92 Å². The van der Waals surface area contributed by atoms with E-state index in [0.29, 0.717) is 49.9 Å². The summed E-state index contributed by atoms with van der Waals surface area (Å²) in [6, 6.07) is 19.4. The van der Waals surface area contributed by atoms with Crippen LogP contribution in [0.15, 0.2) is 71.5 Å². The molecule has 8 nitrogen and oxygen atoms in total. The molecule has 2 aromatic heterocycles. The third-order valence-electron chi connectivity index (χ3n) is 5.88. The number of benzene rings is 3. The fourth-order valence-electron chi connectivity index (χ4n) is 4.18. The lowest BCUT2D eigenvalue weighted by Crippen LogP contribution is -2.28. The Kier molecular flexibility index (Phi) is 7.13. The number of aromatic nitrogens is 2. The first-order valence-corrected chi connectivity index (χ1v) is 12.9. The van der Waals surface area contributed by atoms with Gasteiger partial charge in [0.15, 0.2) is 11.7 Å². The summed E-state index contributed by atoms with van der Waals surface area (Å²) < 4.78 is 13.0. The quantitative estimate of drug-likeness (QED) is 0.264. The lowest BCUT2D eigenvalue weighted by Gasteiger charge is -2.16. The van der Waals surface area contributed by atoms with Gasteiger partial charge in [-0.2, -0.15) is 0 Å². The third-order valence-corrected chi connectivity index (χ3v) is 7.07. The molecule has 0 unspecified atom stereocenters. The van der Waals surface area contributed by atoms with Gasteiger partial charge >= 0.3 is 5.97 Å². The summed E-state index contributed by atoms with van der Waals surface area (Å²) in [5, 5.41) is 4.62. The average Bonchev–Trinajstić information content (AvgIpc) is 3.31. The number of anilines is 1. The molecule has 192 valence electrons. The highest BCUT2D eigenvalue weighted by atomic mass is 35.5. The Labute approximate surface area is 226 Å². The highest BCUT2D eigenvalue weighted by molar-refractivity contribution is 7.22. The number of halogens is 1. The molecule has 0 fully saturated rings. The number of hydrogen-bond donors (Lipinski definition) is 1. The van der Waals surface area contributed by atoms with Gasteiger partial charge in [-0.25, -0.2) is 9.78 Å². The maximum Gasteiger partial charge on any atom is 0.356 e. The van der Waals surface area contributed by atoms with E-state index in [4.69, 9.17) is 21.1 Å². The summed E-state index contributed by atoms with van der Waals surface area (Å²) in [5.41, 5.74) is 1.59. The largest absolute Gasteiger partial charge is 0.494 e. The smallest absolute Gasteiger partial charge is 0.356 e. The van der Waals surface area contributed by atoms with E-state index in [-0.39, 0.29) is 11.3 Å². The molecule has 38 heavy (non-hydrogen) atoms. The van der Waals surface area contributed by atoms with E-state index in [1.54, 1.807) is 48.5 Å². The predicted octanol–water partition coefficient (Wildman–Crippen LogP) is 5.66. The number of fused-ring (bicyclic) bond motifs is 2. The second-order valence-corrected chi connectivity index (χ2v) is 9.81. The van der Waals surface area contributed by atoms with E-state index >= 15 is 0 Å². The highest BCUT2D eigenvalue weighted by Crippen LogP contribution is 2.32. The van der Waals surface area contributed by atoms with Gasteiger partial charge in [0, 0.05) is 23.0 Å². The first-order valence-electron chi connectivity index (χ1n) is 11.7. The van der Waals surface area contributed by atoms with Crippen LogP contribution in [-0.4, -0.2) is 34.6 Å². The molecule has 1 N–H and O–H groups in total. The van der Waals surface area contributed by atoms with E-state index in [9.17, 15) is 14.4 Å². The molecule has 5 rings (SSSR count). The number of amides is 1. The fourth-order valence-corrected chi connectivity index (χ4v) is 5.22. The average molecular weight is 548 g/mol. The summed E-state index contributed by atoms with van der Waals surface area (Å²) in [4.78, 5) is 43.4. The summed E-state index contributed by atoms with van der Waals surface area (Å²) in [6.07, 6.45) is 0. The SMILES string of the molecule is CCOc1ccc2nc(NC(=O)COC(=O)c3c(-c4ccc(Cl)cc4)c4ccccc4c(=O)n3C)sc2c1. The van der Waals surface area contributed by atoms with E-state index in [2.05, 4.69) is 10.3 Å². The summed E-state index contributed by atoms with van der Waals surface area (Å²) in [5.74, 6) is -0.643. The van der Waals surface area contributed by atoms with Crippen molar-refractivity contribution < 1.29 is 19.1 Å². The van der Waals surface area contributed by atoms with Gasteiger partial charge < -0.3 is 14.0 Å². The van der Waals surface area contributed by atoms with Crippen LogP contribution < -0.4 is 15.6 Å². The number of esters is 1. The van der Waals surface area contributed by atoms with Gasteiger partial charge in [-0.15, -0.1) is 0 Å². The summed E-state index contributed by atoms with van der Waals surface area (Å²) >= 11 is 7.36. The second kappa shape index (κ2) is 10.6. The van der Waals surface area contributed by atoms with Crippen LogP contribution in [0, 0.1) is 0 Å². The number of thiazole rings is 1.